The molecule has 8 nitrogen and oxygen atoms in total. The van der Waals surface area contributed by atoms with E-state index in [4.69, 9.17) is 14.2 Å². The van der Waals surface area contributed by atoms with Crippen LogP contribution in [0.25, 0.3) is 0 Å². The monoisotopic (exact) mass is 634 g/mol. The predicted molar refractivity (Wildman–Crippen MR) is 181 cm³/mol. The van der Waals surface area contributed by atoms with Gasteiger partial charge in [-0.25, -0.2) is 0 Å². The lowest BCUT2D eigenvalue weighted by Crippen LogP contribution is -2.45. The van der Waals surface area contributed by atoms with Gasteiger partial charge >= 0.3 is 0 Å². The number of benzene rings is 4. The molecule has 1 aliphatic heterocycles. The van der Waals surface area contributed by atoms with E-state index in [9.17, 15) is 14.4 Å². The molecule has 0 radical (unpaired) electrons. The van der Waals surface area contributed by atoms with Crippen LogP contribution in [0.15, 0.2) is 97.1 Å². The molecule has 0 aliphatic carbocycles. The van der Waals surface area contributed by atoms with Crippen LogP contribution in [0.5, 0.6) is 17.2 Å². The number of amides is 2. The van der Waals surface area contributed by atoms with Crippen molar-refractivity contribution < 1.29 is 28.6 Å². The molecule has 1 atom stereocenters. The van der Waals surface area contributed by atoms with Crippen LogP contribution in [-0.2, 0) is 29.0 Å². The molecule has 4 aromatic rings. The summed E-state index contributed by atoms with van der Waals surface area (Å²) in [5, 5.41) is 3.29. The number of aryl methyl sites for hydroxylation is 2. The van der Waals surface area contributed by atoms with Gasteiger partial charge in [-0.05, 0) is 72.9 Å². The molecule has 0 spiro atoms. The summed E-state index contributed by atoms with van der Waals surface area (Å²) in [5.41, 5.74) is 4.16. The Morgan fingerprint density at radius 2 is 1.28 bits per heavy atom. The Kier molecular flexibility index (Phi) is 11.3. The number of Topliss-reactive ketones (excluding diaryl/α,β-unsaturated/α-hetero) is 1. The SMILES string of the molecule is COc1cc(C(=O)C(=O)N2Cc3ccccc3C2C(=O)NC(CCCc2ccccc2)CCCc2ccccc2)cc(OC)c1OC. The highest BCUT2D eigenvalue weighted by Gasteiger charge is 2.41. The second-order valence-corrected chi connectivity index (χ2v) is 11.7. The maximum absolute atomic E-state index is 14.2. The summed E-state index contributed by atoms with van der Waals surface area (Å²) in [4.78, 5) is 43.1. The molecule has 4 aromatic carbocycles. The smallest absolute Gasteiger partial charge is 0.296 e. The number of rotatable bonds is 15. The standard InChI is InChI=1S/C39H42N2O6/c1-45-33-24-30(25-34(46-2)37(33)47-3)36(42)39(44)41-26-29-20-10-11-23-32(29)35(41)38(43)40-31(21-12-18-27-14-6-4-7-15-27)22-13-19-28-16-8-5-9-17-28/h4-11,14-17,20,23-25,31,35H,12-13,18-19,21-22,26H2,1-3H3,(H,40,43). The molecule has 0 saturated heterocycles. The highest BCUT2D eigenvalue weighted by atomic mass is 16.5. The number of carbonyl (C=O) groups excluding carboxylic acids is 3. The quantitative estimate of drug-likeness (QED) is 0.118. The minimum Gasteiger partial charge on any atom is -0.493 e. The molecular formula is C39H42N2O6. The van der Waals surface area contributed by atoms with Crippen molar-refractivity contribution in [2.45, 2.75) is 57.2 Å². The lowest BCUT2D eigenvalue weighted by atomic mass is 9.98. The molecule has 1 heterocycles. The number of nitrogens with one attached hydrogen (secondary N) is 1. The molecule has 47 heavy (non-hydrogen) atoms. The van der Waals surface area contributed by atoms with E-state index in [0.29, 0.717) is 5.75 Å². The lowest BCUT2D eigenvalue weighted by Gasteiger charge is -2.27. The zero-order valence-electron chi connectivity index (χ0n) is 27.2. The van der Waals surface area contributed by atoms with Crippen LogP contribution in [0.1, 0.15) is 64.3 Å². The number of fused-ring (bicyclic) bond motifs is 1. The first-order chi connectivity index (χ1) is 22.9. The van der Waals surface area contributed by atoms with Gasteiger partial charge < -0.3 is 24.4 Å². The summed E-state index contributed by atoms with van der Waals surface area (Å²) < 4.78 is 16.2. The number of nitrogens with zero attached hydrogens (tertiary/aromatic N) is 1. The van der Waals surface area contributed by atoms with Gasteiger partial charge in [0.2, 0.25) is 11.7 Å². The van der Waals surface area contributed by atoms with E-state index >= 15 is 0 Å². The number of hydrogen-bond donors (Lipinski definition) is 1. The van der Waals surface area contributed by atoms with Gasteiger partial charge in [0, 0.05) is 18.2 Å². The molecule has 0 bridgehead atoms. The third kappa shape index (κ3) is 8.01. The summed E-state index contributed by atoms with van der Waals surface area (Å²) >= 11 is 0. The lowest BCUT2D eigenvalue weighted by molar-refractivity contribution is -0.137. The van der Waals surface area contributed by atoms with Crippen molar-refractivity contribution >= 4 is 17.6 Å². The summed E-state index contributed by atoms with van der Waals surface area (Å²) in [6.07, 6.45) is 5.22. The van der Waals surface area contributed by atoms with E-state index in [1.807, 2.05) is 60.7 Å². The van der Waals surface area contributed by atoms with Crippen molar-refractivity contribution in [3.63, 3.8) is 0 Å². The molecule has 8 heteroatoms. The van der Waals surface area contributed by atoms with Crippen LogP contribution in [0.3, 0.4) is 0 Å². The van der Waals surface area contributed by atoms with Gasteiger partial charge in [-0.3, -0.25) is 14.4 Å². The number of ether oxygens (including phenoxy) is 3. The average molecular weight is 635 g/mol. The molecule has 1 N–H and O–H groups in total. The van der Waals surface area contributed by atoms with E-state index in [0.717, 1.165) is 49.7 Å². The van der Waals surface area contributed by atoms with E-state index in [1.54, 1.807) is 0 Å². The predicted octanol–water partition coefficient (Wildman–Crippen LogP) is 6.51. The fraction of sp³-hybridized carbons (Fsp3) is 0.308. The van der Waals surface area contributed by atoms with Crippen LogP contribution >= 0.6 is 0 Å². The molecule has 2 amide bonds. The van der Waals surface area contributed by atoms with Crippen LogP contribution < -0.4 is 19.5 Å². The van der Waals surface area contributed by atoms with E-state index in [-0.39, 0.29) is 35.6 Å². The zero-order valence-corrected chi connectivity index (χ0v) is 27.2. The Balaban J connectivity index is 1.35. The van der Waals surface area contributed by atoms with Crippen molar-refractivity contribution in [2.24, 2.45) is 0 Å². The van der Waals surface area contributed by atoms with E-state index < -0.39 is 17.7 Å². The molecule has 244 valence electrons. The normalized spacial score (nSPS) is 13.6. The van der Waals surface area contributed by atoms with Crippen molar-refractivity contribution in [1.82, 2.24) is 10.2 Å². The molecule has 1 unspecified atom stereocenters. The fourth-order valence-electron chi connectivity index (χ4n) is 6.29. The van der Waals surface area contributed by atoms with Gasteiger partial charge in [-0.15, -0.1) is 0 Å². The van der Waals surface area contributed by atoms with Crippen LogP contribution in [-0.4, -0.2) is 49.9 Å². The van der Waals surface area contributed by atoms with Gasteiger partial charge in [-0.2, -0.15) is 0 Å². The van der Waals surface area contributed by atoms with Gasteiger partial charge in [0.15, 0.2) is 11.5 Å². The maximum atomic E-state index is 14.2. The zero-order chi connectivity index (χ0) is 33.2. The average Bonchev–Trinajstić information content (AvgIpc) is 3.51. The second-order valence-electron chi connectivity index (χ2n) is 11.7. The van der Waals surface area contributed by atoms with Crippen LogP contribution in [0, 0.1) is 0 Å². The van der Waals surface area contributed by atoms with Crippen LogP contribution in [0.4, 0.5) is 0 Å². The Morgan fingerprint density at radius 1 is 0.745 bits per heavy atom. The summed E-state index contributed by atoms with van der Waals surface area (Å²) in [7, 11) is 4.36. The molecule has 1 aliphatic rings. The Morgan fingerprint density at radius 3 is 1.81 bits per heavy atom. The van der Waals surface area contributed by atoms with Gasteiger partial charge in [0.05, 0.1) is 21.3 Å². The fourth-order valence-corrected chi connectivity index (χ4v) is 6.29. The molecule has 0 saturated carbocycles. The molecule has 0 fully saturated rings. The molecule has 0 aromatic heterocycles. The Bertz CT molecular complexity index is 1600. The first-order valence-corrected chi connectivity index (χ1v) is 16.0. The second kappa shape index (κ2) is 15.9. The highest BCUT2D eigenvalue weighted by Crippen LogP contribution is 2.39. The number of hydrogen-bond acceptors (Lipinski definition) is 6. The first-order valence-electron chi connectivity index (χ1n) is 16.0. The number of ketones is 1. The molecule has 5 rings (SSSR count). The van der Waals surface area contributed by atoms with Gasteiger partial charge in [0.25, 0.3) is 11.7 Å². The van der Waals surface area contributed by atoms with Crippen molar-refractivity contribution in [3.8, 4) is 17.2 Å². The minimum atomic E-state index is -0.935. The maximum Gasteiger partial charge on any atom is 0.296 e. The largest absolute Gasteiger partial charge is 0.493 e. The third-order valence-electron chi connectivity index (χ3n) is 8.70. The Labute approximate surface area is 276 Å². The number of carbonyl (C=O) groups is 3. The molecular weight excluding hydrogens is 592 g/mol. The van der Waals surface area contributed by atoms with E-state index in [2.05, 4.69) is 29.6 Å². The number of methoxy groups -OCH3 is 3. The van der Waals surface area contributed by atoms with Crippen molar-refractivity contribution in [3.05, 3.63) is 125 Å². The topological polar surface area (TPSA) is 94.2 Å². The first kappa shape index (κ1) is 33.3. The Hall–Kier alpha value is -5.11. The summed E-state index contributed by atoms with van der Waals surface area (Å²) in [6, 6.07) is 30.0. The van der Waals surface area contributed by atoms with Crippen molar-refractivity contribution in [2.75, 3.05) is 21.3 Å². The highest BCUT2D eigenvalue weighted by molar-refractivity contribution is 6.43. The minimum absolute atomic E-state index is 0.0827. The van der Waals surface area contributed by atoms with Crippen molar-refractivity contribution in [1.29, 1.82) is 0 Å². The van der Waals surface area contributed by atoms with Gasteiger partial charge in [0.1, 0.15) is 6.04 Å². The van der Waals surface area contributed by atoms with Crippen LogP contribution in [0.2, 0.25) is 0 Å². The van der Waals surface area contributed by atoms with E-state index in [1.165, 1.54) is 49.5 Å². The summed E-state index contributed by atoms with van der Waals surface area (Å²) in [6.45, 7) is 0.149. The van der Waals surface area contributed by atoms with Gasteiger partial charge in [-0.1, -0.05) is 84.9 Å². The third-order valence-corrected chi connectivity index (χ3v) is 8.70. The summed E-state index contributed by atoms with van der Waals surface area (Å²) in [5.74, 6) is -0.995.